The van der Waals surface area contributed by atoms with Crippen molar-refractivity contribution in [3.05, 3.63) is 59.4 Å². The topological polar surface area (TPSA) is 54.5 Å². The maximum atomic E-state index is 12.2. The number of carbonyl (C=O) groups is 1. The summed E-state index contributed by atoms with van der Waals surface area (Å²) in [5.41, 5.74) is 3.43. The number of urea groups is 1. The number of aryl methyl sites for hydroxylation is 2. The van der Waals surface area contributed by atoms with Gasteiger partial charge in [-0.25, -0.2) is 4.79 Å². The van der Waals surface area contributed by atoms with Crippen molar-refractivity contribution in [2.75, 3.05) is 19.8 Å². The number of aromatic nitrogens is 1. The lowest BCUT2D eigenvalue weighted by Crippen LogP contribution is -2.42. The summed E-state index contributed by atoms with van der Waals surface area (Å²) >= 11 is 0. The molecule has 0 saturated heterocycles. The Balaban J connectivity index is 1.79. The Morgan fingerprint density at radius 1 is 1.21 bits per heavy atom. The summed E-state index contributed by atoms with van der Waals surface area (Å²) < 4.78 is 5.65. The number of rotatable bonds is 7. The van der Waals surface area contributed by atoms with E-state index in [1.54, 1.807) is 17.3 Å². The molecule has 0 aliphatic rings. The van der Waals surface area contributed by atoms with Crippen molar-refractivity contribution in [2.45, 2.75) is 27.2 Å². The lowest BCUT2D eigenvalue weighted by Gasteiger charge is -2.21. The van der Waals surface area contributed by atoms with E-state index in [0.717, 1.165) is 17.7 Å². The summed E-state index contributed by atoms with van der Waals surface area (Å²) in [5.74, 6) is 0.792. The summed E-state index contributed by atoms with van der Waals surface area (Å²) in [6, 6.07) is 9.81. The van der Waals surface area contributed by atoms with Crippen LogP contribution in [0, 0.1) is 13.8 Å². The van der Waals surface area contributed by atoms with Crippen LogP contribution in [0.4, 0.5) is 4.79 Å². The highest BCUT2D eigenvalue weighted by molar-refractivity contribution is 5.74. The second-order valence-electron chi connectivity index (χ2n) is 5.72. The fraction of sp³-hybridized carbons (Fsp3) is 0.368. The zero-order chi connectivity index (χ0) is 17.4. The summed E-state index contributed by atoms with van der Waals surface area (Å²) in [4.78, 5) is 18.0. The molecule has 2 amide bonds. The van der Waals surface area contributed by atoms with Gasteiger partial charge in [-0.15, -0.1) is 0 Å². The molecule has 1 aromatic heterocycles. The molecule has 0 fully saturated rings. The SMILES string of the molecule is CCN(CCc1ccncc1)C(=O)NCOc1ccc(C)cc1C. The molecule has 0 aliphatic heterocycles. The molecule has 0 aliphatic carbocycles. The highest BCUT2D eigenvalue weighted by atomic mass is 16.5. The van der Waals surface area contributed by atoms with Gasteiger partial charge in [0.05, 0.1) is 0 Å². The Hall–Kier alpha value is -2.56. The average Bonchev–Trinajstić information content (AvgIpc) is 2.58. The first-order valence-electron chi connectivity index (χ1n) is 8.22. The van der Waals surface area contributed by atoms with Crippen LogP contribution in [0.3, 0.4) is 0 Å². The Morgan fingerprint density at radius 2 is 1.96 bits per heavy atom. The number of nitrogens with zero attached hydrogens (tertiary/aromatic N) is 2. The minimum Gasteiger partial charge on any atom is -0.473 e. The van der Waals surface area contributed by atoms with Gasteiger partial charge in [0.15, 0.2) is 6.73 Å². The lowest BCUT2D eigenvalue weighted by atomic mass is 10.1. The fourth-order valence-corrected chi connectivity index (χ4v) is 2.47. The highest BCUT2D eigenvalue weighted by Crippen LogP contribution is 2.18. The van der Waals surface area contributed by atoms with Crippen LogP contribution in [0.15, 0.2) is 42.7 Å². The second kappa shape index (κ2) is 8.91. The van der Waals surface area contributed by atoms with Crippen LogP contribution in [-0.2, 0) is 6.42 Å². The number of amides is 2. The average molecular weight is 327 g/mol. The van der Waals surface area contributed by atoms with E-state index < -0.39 is 0 Å². The summed E-state index contributed by atoms with van der Waals surface area (Å²) in [6.45, 7) is 7.49. The van der Waals surface area contributed by atoms with Crippen LogP contribution < -0.4 is 10.1 Å². The van der Waals surface area contributed by atoms with Crippen LogP contribution in [0.25, 0.3) is 0 Å². The number of hydrogen-bond acceptors (Lipinski definition) is 3. The maximum Gasteiger partial charge on any atom is 0.320 e. The van der Waals surface area contributed by atoms with Crippen molar-refractivity contribution in [3.63, 3.8) is 0 Å². The third-order valence-corrected chi connectivity index (χ3v) is 3.87. The van der Waals surface area contributed by atoms with Gasteiger partial charge in [-0.2, -0.15) is 0 Å². The van der Waals surface area contributed by atoms with Gasteiger partial charge in [-0.1, -0.05) is 17.7 Å². The maximum absolute atomic E-state index is 12.2. The second-order valence-corrected chi connectivity index (χ2v) is 5.72. The monoisotopic (exact) mass is 327 g/mol. The molecule has 1 N–H and O–H groups in total. The van der Waals surface area contributed by atoms with E-state index in [4.69, 9.17) is 4.74 Å². The standard InChI is InChI=1S/C19H25N3O2/c1-4-22(12-9-17-7-10-20-11-8-17)19(23)21-14-24-18-6-5-15(2)13-16(18)3/h5-8,10-11,13H,4,9,12,14H2,1-3H3,(H,21,23). The molecule has 5 nitrogen and oxygen atoms in total. The van der Waals surface area contributed by atoms with Crippen LogP contribution in [0.5, 0.6) is 5.75 Å². The normalized spacial score (nSPS) is 10.3. The van der Waals surface area contributed by atoms with Crippen molar-refractivity contribution < 1.29 is 9.53 Å². The molecule has 0 spiro atoms. The smallest absolute Gasteiger partial charge is 0.320 e. The van der Waals surface area contributed by atoms with Crippen molar-refractivity contribution >= 4 is 6.03 Å². The van der Waals surface area contributed by atoms with Gasteiger partial charge in [0.1, 0.15) is 5.75 Å². The Labute approximate surface area is 143 Å². The summed E-state index contributed by atoms with van der Waals surface area (Å²) in [6.07, 6.45) is 4.34. The first-order valence-corrected chi connectivity index (χ1v) is 8.22. The van der Waals surface area contributed by atoms with Gasteiger partial charge in [-0.05, 0) is 56.5 Å². The number of nitrogens with one attached hydrogen (secondary N) is 1. The van der Waals surface area contributed by atoms with Crippen LogP contribution in [0.2, 0.25) is 0 Å². The zero-order valence-corrected chi connectivity index (χ0v) is 14.6. The molecule has 1 heterocycles. The van der Waals surface area contributed by atoms with E-state index in [9.17, 15) is 4.79 Å². The molecular weight excluding hydrogens is 302 g/mol. The molecule has 1 aromatic carbocycles. The van der Waals surface area contributed by atoms with Gasteiger partial charge in [0.25, 0.3) is 0 Å². The molecule has 0 atom stereocenters. The van der Waals surface area contributed by atoms with Gasteiger partial charge in [0.2, 0.25) is 0 Å². The number of hydrogen-bond donors (Lipinski definition) is 1. The third-order valence-electron chi connectivity index (χ3n) is 3.87. The lowest BCUT2D eigenvalue weighted by molar-refractivity contribution is 0.187. The quantitative estimate of drug-likeness (QED) is 0.794. The first kappa shape index (κ1) is 17.8. The summed E-state index contributed by atoms with van der Waals surface area (Å²) in [7, 11) is 0. The fourth-order valence-electron chi connectivity index (χ4n) is 2.47. The highest BCUT2D eigenvalue weighted by Gasteiger charge is 2.11. The predicted octanol–water partition coefficient (Wildman–Crippen LogP) is 3.31. The molecule has 128 valence electrons. The number of carbonyl (C=O) groups excluding carboxylic acids is 1. The van der Waals surface area contributed by atoms with Crippen LogP contribution >= 0.6 is 0 Å². The molecule has 5 heteroatoms. The largest absolute Gasteiger partial charge is 0.473 e. The molecule has 0 radical (unpaired) electrons. The number of ether oxygens (including phenoxy) is 1. The van der Waals surface area contributed by atoms with Crippen LogP contribution in [-0.4, -0.2) is 35.7 Å². The number of pyridine rings is 1. The Morgan fingerprint density at radius 3 is 2.62 bits per heavy atom. The van der Waals surface area contributed by atoms with E-state index in [2.05, 4.69) is 16.4 Å². The van der Waals surface area contributed by atoms with E-state index in [0.29, 0.717) is 13.1 Å². The first-order chi connectivity index (χ1) is 11.6. The minimum atomic E-state index is -0.115. The van der Waals surface area contributed by atoms with E-state index in [1.165, 1.54) is 11.1 Å². The van der Waals surface area contributed by atoms with Gasteiger partial charge < -0.3 is 15.0 Å². The minimum absolute atomic E-state index is 0.115. The van der Waals surface area contributed by atoms with Crippen molar-refractivity contribution in [2.24, 2.45) is 0 Å². The van der Waals surface area contributed by atoms with Crippen molar-refractivity contribution in [3.8, 4) is 5.75 Å². The van der Waals surface area contributed by atoms with Crippen molar-refractivity contribution in [1.29, 1.82) is 0 Å². The van der Waals surface area contributed by atoms with E-state index in [-0.39, 0.29) is 12.8 Å². The molecule has 0 unspecified atom stereocenters. The van der Waals surface area contributed by atoms with Gasteiger partial charge in [0, 0.05) is 25.5 Å². The van der Waals surface area contributed by atoms with E-state index >= 15 is 0 Å². The number of benzene rings is 1. The molecule has 2 aromatic rings. The molecule has 2 rings (SSSR count). The third kappa shape index (κ3) is 5.26. The van der Waals surface area contributed by atoms with Gasteiger partial charge in [-0.3, -0.25) is 4.98 Å². The predicted molar refractivity (Wildman–Crippen MR) is 95.1 cm³/mol. The molecular formula is C19H25N3O2. The molecule has 0 saturated carbocycles. The molecule has 24 heavy (non-hydrogen) atoms. The Bertz CT molecular complexity index is 659. The van der Waals surface area contributed by atoms with Crippen molar-refractivity contribution in [1.82, 2.24) is 15.2 Å². The molecule has 0 bridgehead atoms. The summed E-state index contributed by atoms with van der Waals surface area (Å²) in [5, 5.41) is 2.81. The van der Waals surface area contributed by atoms with E-state index in [1.807, 2.05) is 45.0 Å². The number of likely N-dealkylation sites (N-methyl/N-ethyl adjacent to an activating group) is 1. The zero-order valence-electron chi connectivity index (χ0n) is 14.6. The van der Waals surface area contributed by atoms with Gasteiger partial charge >= 0.3 is 6.03 Å². The van der Waals surface area contributed by atoms with Crippen LogP contribution in [0.1, 0.15) is 23.6 Å². The Kier molecular flexibility index (Phi) is 6.61.